The second kappa shape index (κ2) is 7.86. The largest absolute Gasteiger partial charge is 0.357 e. The van der Waals surface area contributed by atoms with E-state index >= 15 is 0 Å². The molecule has 1 N–H and O–H groups in total. The van der Waals surface area contributed by atoms with Crippen molar-refractivity contribution in [2.45, 2.75) is 19.3 Å². The zero-order valence-electron chi connectivity index (χ0n) is 16.3. The second-order valence-electron chi connectivity index (χ2n) is 7.20. The van der Waals surface area contributed by atoms with Crippen molar-refractivity contribution in [2.75, 3.05) is 23.3 Å². The van der Waals surface area contributed by atoms with Crippen LogP contribution in [-0.2, 0) is 0 Å². The molecule has 30 heavy (non-hydrogen) atoms. The van der Waals surface area contributed by atoms with Crippen LogP contribution >= 0.6 is 0 Å². The van der Waals surface area contributed by atoms with Gasteiger partial charge in [0, 0.05) is 30.4 Å². The minimum Gasteiger partial charge on any atom is -0.357 e. The first kappa shape index (κ1) is 18.2. The predicted molar refractivity (Wildman–Crippen MR) is 112 cm³/mol. The summed E-state index contributed by atoms with van der Waals surface area (Å²) >= 11 is 0. The summed E-state index contributed by atoms with van der Waals surface area (Å²) in [6, 6.07) is 13.0. The van der Waals surface area contributed by atoms with Crippen LogP contribution in [0.3, 0.4) is 0 Å². The molecule has 1 fully saturated rings. The number of carbonyl (C=O) groups is 1. The molecule has 0 bridgehead atoms. The number of nitrogens with one attached hydrogen (secondary N) is 1. The van der Waals surface area contributed by atoms with Gasteiger partial charge in [0.15, 0.2) is 5.65 Å². The van der Waals surface area contributed by atoms with Gasteiger partial charge in [0.2, 0.25) is 0 Å². The number of anilines is 2. The van der Waals surface area contributed by atoms with Crippen molar-refractivity contribution in [1.82, 2.24) is 29.8 Å². The van der Waals surface area contributed by atoms with E-state index in [9.17, 15) is 4.79 Å². The molecule has 4 heterocycles. The topological polar surface area (TPSA) is 101 Å². The Morgan fingerprint density at radius 2 is 1.90 bits per heavy atom. The molecular formula is C21H20N8O. The summed E-state index contributed by atoms with van der Waals surface area (Å²) in [5.74, 6) is 0.532. The van der Waals surface area contributed by atoms with Crippen LogP contribution in [0.25, 0.3) is 16.9 Å². The number of rotatable bonds is 4. The highest BCUT2D eigenvalue weighted by Gasteiger charge is 2.15. The molecule has 1 aliphatic rings. The van der Waals surface area contributed by atoms with Crippen molar-refractivity contribution < 1.29 is 4.79 Å². The van der Waals surface area contributed by atoms with Gasteiger partial charge in [0.1, 0.15) is 24.2 Å². The molecule has 0 unspecified atom stereocenters. The van der Waals surface area contributed by atoms with Gasteiger partial charge >= 0.3 is 0 Å². The Balaban J connectivity index is 1.35. The van der Waals surface area contributed by atoms with Crippen molar-refractivity contribution in [2.24, 2.45) is 0 Å². The first-order valence-corrected chi connectivity index (χ1v) is 9.92. The fourth-order valence-corrected chi connectivity index (χ4v) is 3.60. The van der Waals surface area contributed by atoms with E-state index in [-0.39, 0.29) is 5.91 Å². The van der Waals surface area contributed by atoms with Crippen LogP contribution in [0.2, 0.25) is 0 Å². The van der Waals surface area contributed by atoms with Crippen molar-refractivity contribution in [3.8, 4) is 11.3 Å². The number of fused-ring (bicyclic) bond motifs is 1. The molecule has 1 aliphatic heterocycles. The lowest BCUT2D eigenvalue weighted by Crippen LogP contribution is -2.30. The van der Waals surface area contributed by atoms with Gasteiger partial charge in [-0.25, -0.2) is 9.97 Å². The molecule has 0 saturated carbocycles. The van der Waals surface area contributed by atoms with E-state index in [4.69, 9.17) is 0 Å². The van der Waals surface area contributed by atoms with Crippen molar-refractivity contribution in [3.63, 3.8) is 0 Å². The Kier molecular flexibility index (Phi) is 4.76. The van der Waals surface area contributed by atoms with Crippen LogP contribution in [0.1, 0.15) is 29.8 Å². The number of amides is 1. The average molecular weight is 400 g/mol. The first-order chi connectivity index (χ1) is 14.8. The molecule has 9 nitrogen and oxygen atoms in total. The highest BCUT2D eigenvalue weighted by Crippen LogP contribution is 2.22. The van der Waals surface area contributed by atoms with E-state index in [1.54, 1.807) is 16.9 Å². The van der Waals surface area contributed by atoms with E-state index < -0.39 is 0 Å². The average Bonchev–Trinajstić information content (AvgIpc) is 3.28. The highest BCUT2D eigenvalue weighted by molar-refractivity contribution is 6.03. The lowest BCUT2D eigenvalue weighted by molar-refractivity contribution is 0.102. The Hall–Kier alpha value is -3.88. The summed E-state index contributed by atoms with van der Waals surface area (Å²) in [4.78, 5) is 23.5. The van der Waals surface area contributed by atoms with Crippen molar-refractivity contribution in [3.05, 3.63) is 60.8 Å². The van der Waals surface area contributed by atoms with Crippen LogP contribution in [0.5, 0.6) is 0 Å². The zero-order chi connectivity index (χ0) is 20.3. The summed E-state index contributed by atoms with van der Waals surface area (Å²) < 4.78 is 1.61. The Labute approximate surface area is 172 Å². The molecule has 1 amide bonds. The van der Waals surface area contributed by atoms with Crippen LogP contribution in [0.4, 0.5) is 11.5 Å². The summed E-state index contributed by atoms with van der Waals surface area (Å²) in [6.45, 7) is 1.92. The minimum absolute atomic E-state index is 0.268. The SMILES string of the molecule is O=C(Nc1cccc(-c2ccc3nncn3n2)c1)c1cc(N2CCCCC2)ncn1. The number of carbonyl (C=O) groups excluding carboxylic acids is 1. The van der Waals surface area contributed by atoms with Gasteiger partial charge in [0.25, 0.3) is 5.91 Å². The monoisotopic (exact) mass is 400 g/mol. The molecule has 0 spiro atoms. The summed E-state index contributed by atoms with van der Waals surface area (Å²) in [5, 5.41) is 15.2. The fraction of sp³-hybridized carbons (Fsp3) is 0.238. The predicted octanol–water partition coefficient (Wildman–Crippen LogP) is 2.82. The third kappa shape index (κ3) is 3.69. The number of nitrogens with zero attached hydrogens (tertiary/aromatic N) is 7. The Morgan fingerprint density at radius 3 is 2.80 bits per heavy atom. The molecular weight excluding hydrogens is 380 g/mol. The molecule has 4 aromatic rings. The summed E-state index contributed by atoms with van der Waals surface area (Å²) in [5.41, 5.74) is 3.32. The molecule has 3 aromatic heterocycles. The van der Waals surface area contributed by atoms with E-state index in [1.165, 1.54) is 12.7 Å². The van der Waals surface area contributed by atoms with Crippen LogP contribution < -0.4 is 10.2 Å². The first-order valence-electron chi connectivity index (χ1n) is 9.92. The fourth-order valence-electron chi connectivity index (χ4n) is 3.60. The summed E-state index contributed by atoms with van der Waals surface area (Å²) in [7, 11) is 0. The number of benzene rings is 1. The Bertz CT molecular complexity index is 1200. The van der Waals surface area contributed by atoms with Gasteiger partial charge in [-0.2, -0.15) is 9.61 Å². The third-order valence-electron chi connectivity index (χ3n) is 5.14. The number of aromatic nitrogens is 6. The maximum absolute atomic E-state index is 12.8. The normalized spacial score (nSPS) is 14.1. The van der Waals surface area contributed by atoms with Gasteiger partial charge in [0.05, 0.1) is 5.69 Å². The molecule has 150 valence electrons. The van der Waals surface area contributed by atoms with Crippen LogP contribution in [-0.4, -0.2) is 48.8 Å². The lowest BCUT2D eigenvalue weighted by Gasteiger charge is -2.27. The van der Waals surface area contributed by atoms with E-state index in [1.807, 2.05) is 36.4 Å². The van der Waals surface area contributed by atoms with E-state index in [0.29, 0.717) is 17.0 Å². The summed E-state index contributed by atoms with van der Waals surface area (Å²) in [6.07, 6.45) is 6.54. The number of hydrogen-bond donors (Lipinski definition) is 1. The molecule has 1 saturated heterocycles. The van der Waals surface area contributed by atoms with Gasteiger partial charge < -0.3 is 10.2 Å². The molecule has 0 aliphatic carbocycles. The molecule has 0 atom stereocenters. The van der Waals surface area contributed by atoms with Gasteiger partial charge in [-0.1, -0.05) is 12.1 Å². The zero-order valence-corrected chi connectivity index (χ0v) is 16.3. The quantitative estimate of drug-likeness (QED) is 0.562. The molecule has 0 radical (unpaired) electrons. The minimum atomic E-state index is -0.268. The number of hydrogen-bond acceptors (Lipinski definition) is 7. The molecule has 1 aromatic carbocycles. The lowest BCUT2D eigenvalue weighted by atomic mass is 10.1. The highest BCUT2D eigenvalue weighted by atomic mass is 16.1. The molecule has 5 rings (SSSR count). The standard InChI is InChI=1S/C21H20N8O/c30-21(18-12-20(23-13-22-18)28-9-2-1-3-10-28)25-16-6-4-5-15(11-16)17-7-8-19-26-24-14-29(19)27-17/h4-8,11-14H,1-3,9-10H2,(H,25,30). The Morgan fingerprint density at radius 1 is 1.00 bits per heavy atom. The maximum Gasteiger partial charge on any atom is 0.274 e. The van der Waals surface area contributed by atoms with E-state index in [0.717, 1.165) is 43.0 Å². The van der Waals surface area contributed by atoms with Gasteiger partial charge in [-0.15, -0.1) is 10.2 Å². The second-order valence-corrected chi connectivity index (χ2v) is 7.20. The number of piperidine rings is 1. The van der Waals surface area contributed by atoms with Crippen LogP contribution in [0, 0.1) is 0 Å². The van der Waals surface area contributed by atoms with E-state index in [2.05, 4.69) is 35.5 Å². The third-order valence-corrected chi connectivity index (χ3v) is 5.14. The van der Waals surface area contributed by atoms with Crippen LogP contribution in [0.15, 0.2) is 55.1 Å². The molecule has 9 heteroatoms. The van der Waals surface area contributed by atoms with Gasteiger partial charge in [-0.05, 0) is 43.5 Å². The maximum atomic E-state index is 12.8. The van der Waals surface area contributed by atoms with Crippen molar-refractivity contribution >= 4 is 23.1 Å². The van der Waals surface area contributed by atoms with Gasteiger partial charge in [-0.3, -0.25) is 4.79 Å². The van der Waals surface area contributed by atoms with Crippen molar-refractivity contribution in [1.29, 1.82) is 0 Å². The smallest absolute Gasteiger partial charge is 0.274 e.